The average Bonchev–Trinajstić information content (AvgIpc) is 3.59. The molecule has 0 radical (unpaired) electrons. The van der Waals surface area contributed by atoms with Gasteiger partial charge in [0.1, 0.15) is 0 Å². The van der Waals surface area contributed by atoms with Crippen LogP contribution >= 0.6 is 62.0 Å². The molecule has 2 N–H and O–H groups in total. The molecule has 5 nitrogen and oxygen atoms in total. The van der Waals surface area contributed by atoms with E-state index in [0.717, 1.165) is 51.4 Å². The molecule has 6 rings (SSSR count). The molecule has 0 spiro atoms. The molecule has 3 aliphatic rings. The third kappa shape index (κ3) is 6.81. The lowest BCUT2D eigenvalue weighted by Gasteiger charge is -2.29. The molecule has 37 heavy (non-hydrogen) atoms. The molecule has 0 saturated carbocycles. The first-order valence-electron chi connectivity index (χ1n) is 10.9. The van der Waals surface area contributed by atoms with Gasteiger partial charge in [-0.3, -0.25) is 0 Å². The second kappa shape index (κ2) is 13.8. The summed E-state index contributed by atoms with van der Waals surface area (Å²) in [6.07, 6.45) is 16.8. The van der Waals surface area contributed by atoms with Crippen molar-refractivity contribution >= 4 is 108 Å². The Morgan fingerprint density at radius 2 is 1.22 bits per heavy atom. The maximum absolute atomic E-state index is 4.81. The van der Waals surface area contributed by atoms with Gasteiger partial charge in [-0.25, -0.2) is 9.97 Å². The van der Waals surface area contributed by atoms with Gasteiger partial charge >= 0.3 is 0 Å². The Hall–Kier alpha value is -2.67. The highest BCUT2D eigenvalue weighted by atomic mass is 35.5. The number of likely N-dealkylation sites (N-methyl/N-ethyl adjacent to an activating group) is 1. The smallest absolute Gasteiger partial charge is 0.0744 e. The fourth-order valence-electron chi connectivity index (χ4n) is 4.40. The second-order valence-electron chi connectivity index (χ2n) is 8.13. The molecule has 3 aromatic rings. The van der Waals surface area contributed by atoms with Gasteiger partial charge in [-0.1, -0.05) is 12.2 Å². The number of aromatic nitrogens is 4. The quantitative estimate of drug-likeness (QED) is 0.215. The Balaban J connectivity index is 0.00000137. The first kappa shape index (κ1) is 32.4. The van der Waals surface area contributed by atoms with E-state index in [1.807, 2.05) is 6.08 Å². The molecule has 0 fully saturated rings. The van der Waals surface area contributed by atoms with Crippen LogP contribution in [0.3, 0.4) is 0 Å². The zero-order valence-electron chi connectivity index (χ0n) is 19.8. The average molecular weight is 600 g/mol. The van der Waals surface area contributed by atoms with Gasteiger partial charge in [-0.2, -0.15) is 0 Å². The van der Waals surface area contributed by atoms with Gasteiger partial charge in [-0.05, 0) is 86.0 Å². The zero-order chi connectivity index (χ0) is 21.5. The van der Waals surface area contributed by atoms with E-state index in [1.165, 1.54) is 5.56 Å². The van der Waals surface area contributed by atoms with Crippen molar-refractivity contribution in [1.82, 2.24) is 24.8 Å². The predicted molar refractivity (Wildman–Crippen MR) is 168 cm³/mol. The fourth-order valence-corrected chi connectivity index (χ4v) is 4.40. The molecule has 3 aliphatic heterocycles. The van der Waals surface area contributed by atoms with Gasteiger partial charge in [0.25, 0.3) is 0 Å². The van der Waals surface area contributed by atoms with Crippen LogP contribution in [-0.4, -0.2) is 31.4 Å². The molecule has 1 unspecified atom stereocenters. The van der Waals surface area contributed by atoms with Crippen LogP contribution in [0.1, 0.15) is 41.3 Å². The number of hydrogen-bond acceptors (Lipinski definition) is 3. The molecule has 8 bridgehead atoms. The molecule has 0 amide bonds. The number of hydrogen-bond donors (Lipinski definition) is 2. The van der Waals surface area contributed by atoms with Crippen LogP contribution < -0.4 is 0 Å². The van der Waals surface area contributed by atoms with Crippen LogP contribution in [-0.2, 0) is 0 Å². The third-order valence-electron chi connectivity index (χ3n) is 5.92. The van der Waals surface area contributed by atoms with Gasteiger partial charge in [0, 0.05) is 34.2 Å². The third-order valence-corrected chi connectivity index (χ3v) is 5.92. The Morgan fingerprint density at radius 1 is 0.676 bits per heavy atom. The van der Waals surface area contributed by atoms with Crippen molar-refractivity contribution in [1.29, 1.82) is 0 Å². The van der Waals surface area contributed by atoms with Crippen LogP contribution in [0, 0.1) is 0 Å². The summed E-state index contributed by atoms with van der Waals surface area (Å²) in [7, 11) is 0. The van der Waals surface area contributed by atoms with E-state index in [9.17, 15) is 0 Å². The van der Waals surface area contributed by atoms with Crippen molar-refractivity contribution in [2.45, 2.75) is 13.0 Å². The molecule has 0 aromatic carbocycles. The zero-order valence-corrected chi connectivity index (χ0v) is 23.9. The van der Waals surface area contributed by atoms with E-state index in [2.05, 4.69) is 107 Å². The van der Waals surface area contributed by atoms with Crippen LogP contribution in [0.15, 0.2) is 66.9 Å². The van der Waals surface area contributed by atoms with Crippen molar-refractivity contribution in [3.63, 3.8) is 0 Å². The number of H-pyrrole nitrogens is 2. The number of nitrogens with one attached hydrogen (secondary N) is 2. The highest BCUT2D eigenvalue weighted by Crippen LogP contribution is 2.30. The second-order valence-corrected chi connectivity index (χ2v) is 8.13. The summed E-state index contributed by atoms with van der Waals surface area (Å²) in [5, 5.41) is 0. The summed E-state index contributed by atoms with van der Waals surface area (Å²) in [5.41, 5.74) is 9.09. The normalized spacial score (nSPS) is 14.5. The van der Waals surface area contributed by atoms with E-state index in [4.69, 9.17) is 9.97 Å². The monoisotopic (exact) mass is 597 g/mol. The van der Waals surface area contributed by atoms with Crippen molar-refractivity contribution in [3.05, 3.63) is 95.2 Å². The van der Waals surface area contributed by atoms with Crippen molar-refractivity contribution in [3.8, 4) is 0 Å². The lowest BCUT2D eigenvalue weighted by Crippen LogP contribution is -2.23. The van der Waals surface area contributed by atoms with Crippen LogP contribution in [0.4, 0.5) is 0 Å². The van der Waals surface area contributed by atoms with Gasteiger partial charge in [0.2, 0.25) is 0 Å². The van der Waals surface area contributed by atoms with E-state index in [0.29, 0.717) is 0 Å². The largest absolute Gasteiger partial charge is 0.367 e. The van der Waals surface area contributed by atoms with Crippen LogP contribution in [0.2, 0.25) is 0 Å². The summed E-state index contributed by atoms with van der Waals surface area (Å²) in [5.74, 6) is 0. The highest BCUT2D eigenvalue weighted by molar-refractivity contribution is 5.86. The van der Waals surface area contributed by atoms with Gasteiger partial charge in [0.05, 0.1) is 28.8 Å². The molecular weight excluding hydrogens is 572 g/mol. The van der Waals surface area contributed by atoms with E-state index < -0.39 is 0 Å². The number of nitrogens with zero attached hydrogens (tertiary/aromatic N) is 3. The Labute approximate surface area is 247 Å². The Bertz CT molecular complexity index is 1500. The van der Waals surface area contributed by atoms with E-state index in [-0.39, 0.29) is 68.1 Å². The van der Waals surface area contributed by atoms with Gasteiger partial charge in [0.15, 0.2) is 0 Å². The number of allylic oxidation sites excluding steroid dienone is 2. The van der Waals surface area contributed by atoms with Gasteiger partial charge < -0.3 is 14.9 Å². The topological polar surface area (TPSA) is 60.6 Å². The van der Waals surface area contributed by atoms with E-state index >= 15 is 0 Å². The van der Waals surface area contributed by atoms with Crippen molar-refractivity contribution in [2.75, 3.05) is 6.54 Å². The SMILES string of the molecule is CCN1C=CC=CC1c1cc2cc3nc(cc4ccc(cc5nc(cc1[nH]2)C=C5)[nH]4)C=C3.Cl.Cl.Cl.Cl.Cl. The summed E-state index contributed by atoms with van der Waals surface area (Å²) in [6.45, 7) is 3.12. The number of fused-ring (bicyclic) bond motifs is 8. The molecule has 196 valence electrons. The first-order chi connectivity index (χ1) is 15.7. The minimum Gasteiger partial charge on any atom is -0.367 e. The van der Waals surface area contributed by atoms with Crippen molar-refractivity contribution in [2.24, 2.45) is 0 Å². The highest BCUT2D eigenvalue weighted by Gasteiger charge is 2.18. The fraction of sp³-hybridized carbons (Fsp3) is 0.111. The maximum atomic E-state index is 4.81. The van der Waals surface area contributed by atoms with Crippen LogP contribution in [0.5, 0.6) is 0 Å². The molecule has 10 heteroatoms. The first-order valence-corrected chi connectivity index (χ1v) is 10.9. The predicted octanol–water partition coefficient (Wildman–Crippen LogP) is 8.21. The molecule has 0 aliphatic carbocycles. The standard InChI is InChI=1S/C27H23N5.5ClH/c1-2-32-12-4-3-5-27(32)25-16-24-15-22-9-8-20(29-22)13-18-6-7-19(28-18)14-21-10-11-23(30-21)17-26(25)31-24;;;;;/h3-17,27-28,31H,2H2,1H3;5*1H. The lowest BCUT2D eigenvalue weighted by molar-refractivity contribution is 0.340. The summed E-state index contributed by atoms with van der Waals surface area (Å²) in [6, 6.07) is 14.9. The molecule has 6 heterocycles. The Kier molecular flexibility index (Phi) is 12.0. The summed E-state index contributed by atoms with van der Waals surface area (Å²) >= 11 is 0. The molecular formula is C27H28Cl5N5. The minimum absolute atomic E-state index is 0. The number of halogens is 5. The summed E-state index contributed by atoms with van der Waals surface area (Å²) < 4.78 is 0. The number of rotatable bonds is 2. The lowest BCUT2D eigenvalue weighted by atomic mass is 10.0. The summed E-state index contributed by atoms with van der Waals surface area (Å²) in [4.78, 5) is 18.9. The molecule has 3 aromatic heterocycles. The number of aromatic amines is 2. The molecule has 1 atom stereocenters. The van der Waals surface area contributed by atoms with Gasteiger partial charge in [-0.15, -0.1) is 62.0 Å². The molecule has 0 saturated heterocycles. The maximum Gasteiger partial charge on any atom is 0.0744 e. The Morgan fingerprint density at radius 3 is 1.78 bits per heavy atom. The minimum atomic E-state index is 0. The van der Waals surface area contributed by atoms with Crippen molar-refractivity contribution < 1.29 is 0 Å². The van der Waals surface area contributed by atoms with Crippen LogP contribution in [0.25, 0.3) is 46.4 Å². The van der Waals surface area contributed by atoms with E-state index in [1.54, 1.807) is 0 Å².